The Morgan fingerprint density at radius 2 is 1.85 bits per heavy atom. The maximum Gasteiger partial charge on any atom is 0.215 e. The van der Waals surface area contributed by atoms with Gasteiger partial charge in [0.25, 0.3) is 0 Å². The Morgan fingerprint density at radius 3 is 2.44 bits per heavy atom. The van der Waals surface area contributed by atoms with Crippen molar-refractivity contribution in [2.45, 2.75) is 18.3 Å². The van der Waals surface area contributed by atoms with Gasteiger partial charge in [-0.15, -0.1) is 24.0 Å². The van der Waals surface area contributed by atoms with Crippen LogP contribution in [-0.4, -0.2) is 69.2 Å². The number of hydrogen-bond acceptors (Lipinski definition) is 4. The molecule has 1 aliphatic carbocycles. The molecule has 27 heavy (non-hydrogen) atoms. The highest BCUT2D eigenvalue weighted by molar-refractivity contribution is 14.0. The predicted octanol–water partition coefficient (Wildman–Crippen LogP) is 1.88. The fourth-order valence-corrected chi connectivity index (χ4v) is 5.73. The summed E-state index contributed by atoms with van der Waals surface area (Å²) in [7, 11) is -1.47. The fraction of sp³-hybridized carbons (Fsp3) is 0.611. The van der Waals surface area contributed by atoms with Gasteiger partial charge < -0.3 is 10.6 Å². The van der Waals surface area contributed by atoms with Crippen LogP contribution in [0.5, 0.6) is 0 Å². The maximum absolute atomic E-state index is 12.4. The normalized spacial score (nSPS) is 19.8. The molecule has 0 radical (unpaired) electrons. The van der Waals surface area contributed by atoms with Gasteiger partial charge in [0.15, 0.2) is 5.96 Å². The highest BCUT2D eigenvalue weighted by atomic mass is 127. The summed E-state index contributed by atoms with van der Waals surface area (Å²) in [6.45, 7) is 2.43. The molecule has 152 valence electrons. The third kappa shape index (κ3) is 6.23. The molecule has 1 aliphatic heterocycles. The first-order valence-corrected chi connectivity index (χ1v) is 11.9. The SMILES string of the molecule is CN=C(NCCS(=O)(=O)N1CCSCC1)NCC1(c2ccccc2)CC1.I. The lowest BCUT2D eigenvalue weighted by atomic mass is 9.96. The summed E-state index contributed by atoms with van der Waals surface area (Å²) in [5, 5.41) is 6.51. The van der Waals surface area contributed by atoms with Gasteiger partial charge in [0.2, 0.25) is 10.0 Å². The molecule has 0 amide bonds. The van der Waals surface area contributed by atoms with Crippen LogP contribution in [0.3, 0.4) is 0 Å². The average Bonchev–Trinajstić information content (AvgIpc) is 3.47. The molecule has 0 spiro atoms. The number of benzene rings is 1. The van der Waals surface area contributed by atoms with Crippen molar-refractivity contribution in [1.29, 1.82) is 0 Å². The molecule has 2 N–H and O–H groups in total. The monoisotopic (exact) mass is 524 g/mol. The molecule has 1 saturated heterocycles. The zero-order valence-corrected chi connectivity index (χ0v) is 19.6. The van der Waals surface area contributed by atoms with Crippen LogP contribution in [0.4, 0.5) is 0 Å². The molecular weight excluding hydrogens is 495 g/mol. The van der Waals surface area contributed by atoms with Crippen LogP contribution in [0.25, 0.3) is 0 Å². The molecule has 1 saturated carbocycles. The molecule has 9 heteroatoms. The first-order valence-electron chi connectivity index (χ1n) is 9.11. The van der Waals surface area contributed by atoms with E-state index in [9.17, 15) is 8.42 Å². The molecule has 0 unspecified atom stereocenters. The van der Waals surface area contributed by atoms with Crippen molar-refractivity contribution < 1.29 is 8.42 Å². The van der Waals surface area contributed by atoms with Crippen LogP contribution in [0.15, 0.2) is 35.3 Å². The standard InChI is InChI=1S/C18H28N4O2S2.HI/c1-19-17(20-9-14-26(23,24)22-10-12-25-13-11-22)21-15-18(7-8-18)16-5-3-2-4-6-16;/h2-6H,7-15H2,1H3,(H2,19,20,21);1H. The summed E-state index contributed by atoms with van der Waals surface area (Å²) in [4.78, 5) is 4.23. The van der Waals surface area contributed by atoms with Crippen molar-refractivity contribution in [3.8, 4) is 0 Å². The van der Waals surface area contributed by atoms with Crippen LogP contribution in [0, 0.1) is 0 Å². The van der Waals surface area contributed by atoms with Gasteiger partial charge in [-0.2, -0.15) is 11.8 Å². The number of hydrogen-bond donors (Lipinski definition) is 2. The zero-order chi connectivity index (χ0) is 18.5. The number of guanidine groups is 1. The first-order chi connectivity index (χ1) is 12.6. The Balaban J connectivity index is 0.00000261. The number of thioether (sulfide) groups is 1. The minimum absolute atomic E-state index is 0. The van der Waals surface area contributed by atoms with Crippen molar-refractivity contribution in [2.24, 2.45) is 4.99 Å². The van der Waals surface area contributed by atoms with E-state index in [2.05, 4.69) is 39.9 Å². The van der Waals surface area contributed by atoms with Gasteiger partial charge in [0, 0.05) is 50.1 Å². The average molecular weight is 524 g/mol. The highest BCUT2D eigenvalue weighted by Gasteiger charge is 2.44. The predicted molar refractivity (Wildman–Crippen MR) is 125 cm³/mol. The Bertz CT molecular complexity index is 718. The van der Waals surface area contributed by atoms with Gasteiger partial charge in [-0.05, 0) is 18.4 Å². The van der Waals surface area contributed by atoms with Crippen molar-refractivity contribution in [2.75, 3.05) is 50.5 Å². The number of halogens is 1. The number of sulfonamides is 1. The van der Waals surface area contributed by atoms with Crippen molar-refractivity contribution in [1.82, 2.24) is 14.9 Å². The number of rotatable bonds is 7. The van der Waals surface area contributed by atoms with E-state index in [1.807, 2.05) is 17.8 Å². The molecule has 1 aromatic rings. The summed E-state index contributed by atoms with van der Waals surface area (Å²) < 4.78 is 26.4. The van der Waals surface area contributed by atoms with Crippen LogP contribution in [0.1, 0.15) is 18.4 Å². The van der Waals surface area contributed by atoms with Crippen molar-refractivity contribution >= 4 is 51.7 Å². The molecule has 0 bridgehead atoms. The Kier molecular flexibility index (Phi) is 8.70. The van der Waals surface area contributed by atoms with Gasteiger partial charge in [-0.1, -0.05) is 30.3 Å². The quantitative estimate of drug-likeness (QED) is 0.324. The molecule has 1 aromatic carbocycles. The maximum atomic E-state index is 12.4. The summed E-state index contributed by atoms with van der Waals surface area (Å²) in [5.74, 6) is 2.54. The van der Waals surface area contributed by atoms with E-state index in [0.717, 1.165) is 18.1 Å². The van der Waals surface area contributed by atoms with E-state index < -0.39 is 10.0 Å². The van der Waals surface area contributed by atoms with Crippen molar-refractivity contribution in [3.05, 3.63) is 35.9 Å². The van der Waals surface area contributed by atoms with Crippen LogP contribution in [-0.2, 0) is 15.4 Å². The van der Waals surface area contributed by atoms with E-state index in [1.54, 1.807) is 11.4 Å². The number of aliphatic imine (C=N–C) groups is 1. The van der Waals surface area contributed by atoms with Gasteiger partial charge in [-0.25, -0.2) is 12.7 Å². The summed E-state index contributed by atoms with van der Waals surface area (Å²) in [6.07, 6.45) is 2.34. The van der Waals surface area contributed by atoms with Gasteiger partial charge >= 0.3 is 0 Å². The molecule has 2 aliphatic rings. The first kappa shape index (κ1) is 22.8. The molecule has 0 aromatic heterocycles. The topological polar surface area (TPSA) is 73.8 Å². The van der Waals surface area contributed by atoms with E-state index in [1.165, 1.54) is 18.4 Å². The van der Waals surface area contributed by atoms with Crippen LogP contribution in [0.2, 0.25) is 0 Å². The number of nitrogens with one attached hydrogen (secondary N) is 2. The lowest BCUT2D eigenvalue weighted by Gasteiger charge is -2.25. The largest absolute Gasteiger partial charge is 0.356 e. The Morgan fingerprint density at radius 1 is 1.19 bits per heavy atom. The second kappa shape index (κ2) is 10.3. The molecular formula is C18H29IN4O2S2. The summed E-state index contributed by atoms with van der Waals surface area (Å²) >= 11 is 1.81. The third-order valence-electron chi connectivity index (χ3n) is 5.07. The summed E-state index contributed by atoms with van der Waals surface area (Å²) in [6, 6.07) is 10.5. The van der Waals surface area contributed by atoms with Gasteiger partial charge in [0.05, 0.1) is 5.75 Å². The minimum atomic E-state index is -3.19. The van der Waals surface area contributed by atoms with Gasteiger partial charge in [-0.3, -0.25) is 4.99 Å². The van der Waals surface area contributed by atoms with Crippen LogP contribution >= 0.6 is 35.7 Å². The molecule has 6 nitrogen and oxygen atoms in total. The molecule has 0 atom stereocenters. The fourth-order valence-electron chi connectivity index (χ4n) is 3.24. The van der Waals surface area contributed by atoms with Crippen LogP contribution < -0.4 is 10.6 Å². The lowest BCUT2D eigenvalue weighted by molar-refractivity contribution is 0.443. The molecule has 3 rings (SSSR count). The molecule has 2 fully saturated rings. The Hall–Kier alpha value is -0.520. The smallest absolute Gasteiger partial charge is 0.215 e. The van der Waals surface area contributed by atoms with E-state index in [0.29, 0.717) is 25.6 Å². The molecule has 1 heterocycles. The van der Waals surface area contributed by atoms with E-state index in [4.69, 9.17) is 0 Å². The minimum Gasteiger partial charge on any atom is -0.356 e. The second-order valence-electron chi connectivity index (χ2n) is 6.83. The van der Waals surface area contributed by atoms with E-state index in [-0.39, 0.29) is 35.1 Å². The highest BCUT2D eigenvalue weighted by Crippen LogP contribution is 2.47. The van der Waals surface area contributed by atoms with E-state index >= 15 is 0 Å². The summed E-state index contributed by atoms with van der Waals surface area (Å²) in [5.41, 5.74) is 1.55. The zero-order valence-electron chi connectivity index (χ0n) is 15.7. The second-order valence-corrected chi connectivity index (χ2v) is 10.1. The number of nitrogens with zero attached hydrogens (tertiary/aromatic N) is 2. The Labute approximate surface area is 184 Å². The van der Waals surface area contributed by atoms with Gasteiger partial charge in [0.1, 0.15) is 0 Å². The third-order valence-corrected chi connectivity index (χ3v) is 7.89. The lowest BCUT2D eigenvalue weighted by Crippen LogP contribution is -2.45. The van der Waals surface area contributed by atoms with Crippen molar-refractivity contribution in [3.63, 3.8) is 0 Å².